The number of amides is 3. The van der Waals surface area contributed by atoms with Gasteiger partial charge in [0.2, 0.25) is 0 Å². The maximum atomic E-state index is 12.2. The zero-order chi connectivity index (χ0) is 19.3. The summed E-state index contributed by atoms with van der Waals surface area (Å²) < 4.78 is 0. The van der Waals surface area contributed by atoms with Gasteiger partial charge in [-0.05, 0) is 61.6 Å². The maximum Gasteiger partial charge on any atom is 0.319 e. The van der Waals surface area contributed by atoms with E-state index in [1.807, 2.05) is 6.07 Å². The Bertz CT molecular complexity index is 818. The summed E-state index contributed by atoms with van der Waals surface area (Å²) in [5, 5.41) is 8.75. The van der Waals surface area contributed by atoms with E-state index in [9.17, 15) is 9.59 Å². The zero-order valence-electron chi connectivity index (χ0n) is 15.9. The van der Waals surface area contributed by atoms with Crippen molar-refractivity contribution in [2.75, 3.05) is 29.9 Å². The van der Waals surface area contributed by atoms with Gasteiger partial charge in [-0.1, -0.05) is 18.2 Å². The van der Waals surface area contributed by atoms with E-state index in [2.05, 4.69) is 45.1 Å². The molecule has 3 amide bonds. The second-order valence-corrected chi connectivity index (χ2v) is 7.60. The Labute approximate surface area is 165 Å². The van der Waals surface area contributed by atoms with Crippen LogP contribution in [0.2, 0.25) is 0 Å². The third kappa shape index (κ3) is 4.82. The molecule has 0 bridgehead atoms. The molecule has 3 N–H and O–H groups in total. The molecule has 2 aromatic rings. The highest BCUT2D eigenvalue weighted by molar-refractivity contribution is 5.95. The monoisotopic (exact) mass is 378 g/mol. The lowest BCUT2D eigenvalue weighted by Crippen LogP contribution is -2.34. The predicted molar refractivity (Wildman–Crippen MR) is 111 cm³/mol. The van der Waals surface area contributed by atoms with E-state index in [0.717, 1.165) is 32.4 Å². The summed E-state index contributed by atoms with van der Waals surface area (Å²) >= 11 is 0. The summed E-state index contributed by atoms with van der Waals surface area (Å²) in [6.45, 7) is 2.62. The minimum atomic E-state index is -0.214. The molecule has 1 saturated carbocycles. The molecule has 2 aliphatic rings. The van der Waals surface area contributed by atoms with Crippen molar-refractivity contribution in [3.63, 3.8) is 0 Å². The van der Waals surface area contributed by atoms with Crippen molar-refractivity contribution in [3.8, 4) is 0 Å². The van der Waals surface area contributed by atoms with Crippen LogP contribution >= 0.6 is 0 Å². The van der Waals surface area contributed by atoms with Crippen LogP contribution in [0.4, 0.5) is 16.2 Å². The predicted octanol–water partition coefficient (Wildman–Crippen LogP) is 3.23. The molecule has 2 aromatic carbocycles. The molecule has 4 rings (SSSR count). The Balaban J connectivity index is 1.21. The van der Waals surface area contributed by atoms with Gasteiger partial charge >= 0.3 is 6.03 Å². The highest BCUT2D eigenvalue weighted by Crippen LogP contribution is 2.23. The number of nitrogens with one attached hydrogen (secondary N) is 3. The van der Waals surface area contributed by atoms with Gasteiger partial charge in [0.25, 0.3) is 5.91 Å². The van der Waals surface area contributed by atoms with Crippen LogP contribution in [0.5, 0.6) is 0 Å². The number of rotatable bonds is 6. The van der Waals surface area contributed by atoms with Crippen LogP contribution < -0.4 is 20.9 Å². The lowest BCUT2D eigenvalue weighted by atomic mass is 10.1. The molecule has 2 fully saturated rings. The standard InChI is InChI=1S/C22H26N4O2/c27-21(24-18-10-11-18)17-6-8-19(9-7-17)25-22(28)23-14-16-12-13-26(15-16)20-4-2-1-3-5-20/h1-9,16,18H,10-15H2,(H,24,27)(H2,23,25,28). The highest BCUT2D eigenvalue weighted by atomic mass is 16.2. The largest absolute Gasteiger partial charge is 0.371 e. The Morgan fingerprint density at radius 3 is 2.43 bits per heavy atom. The molecule has 6 heteroatoms. The lowest BCUT2D eigenvalue weighted by molar-refractivity contribution is 0.0951. The van der Waals surface area contributed by atoms with E-state index in [4.69, 9.17) is 0 Å². The van der Waals surface area contributed by atoms with Crippen molar-refractivity contribution < 1.29 is 9.59 Å². The molecule has 1 heterocycles. The number of carbonyl (C=O) groups excluding carboxylic acids is 2. The molecule has 28 heavy (non-hydrogen) atoms. The second kappa shape index (κ2) is 8.33. The number of benzene rings is 2. The molecule has 1 saturated heterocycles. The van der Waals surface area contributed by atoms with Crippen LogP contribution in [0.25, 0.3) is 0 Å². The first-order chi connectivity index (χ1) is 13.7. The summed E-state index contributed by atoms with van der Waals surface area (Å²) in [5.74, 6) is 0.391. The summed E-state index contributed by atoms with van der Waals surface area (Å²) in [7, 11) is 0. The van der Waals surface area contributed by atoms with Gasteiger partial charge in [0, 0.05) is 42.6 Å². The fourth-order valence-electron chi connectivity index (χ4n) is 3.49. The van der Waals surface area contributed by atoms with Crippen LogP contribution in [-0.4, -0.2) is 37.6 Å². The van der Waals surface area contributed by atoms with Crippen LogP contribution in [0.3, 0.4) is 0 Å². The highest BCUT2D eigenvalue weighted by Gasteiger charge is 2.24. The topological polar surface area (TPSA) is 73.5 Å². The molecule has 6 nitrogen and oxygen atoms in total. The third-order valence-electron chi connectivity index (χ3n) is 5.28. The number of para-hydroxylation sites is 1. The number of carbonyl (C=O) groups is 2. The average Bonchev–Trinajstić information content (AvgIpc) is 3.40. The number of hydrogen-bond acceptors (Lipinski definition) is 3. The lowest BCUT2D eigenvalue weighted by Gasteiger charge is -2.18. The van der Waals surface area contributed by atoms with Crippen molar-refractivity contribution in [1.82, 2.24) is 10.6 Å². The van der Waals surface area contributed by atoms with Gasteiger partial charge in [-0.25, -0.2) is 4.79 Å². The minimum absolute atomic E-state index is 0.0531. The molecule has 0 spiro atoms. The van der Waals surface area contributed by atoms with E-state index < -0.39 is 0 Å². The van der Waals surface area contributed by atoms with Crippen molar-refractivity contribution in [1.29, 1.82) is 0 Å². The second-order valence-electron chi connectivity index (χ2n) is 7.60. The number of hydrogen-bond donors (Lipinski definition) is 3. The Kier molecular flexibility index (Phi) is 5.46. The summed E-state index contributed by atoms with van der Waals surface area (Å²) in [5.41, 5.74) is 2.53. The fourth-order valence-corrected chi connectivity index (χ4v) is 3.49. The van der Waals surface area contributed by atoms with Gasteiger partial charge in [0.1, 0.15) is 0 Å². The van der Waals surface area contributed by atoms with Crippen LogP contribution in [0, 0.1) is 5.92 Å². The van der Waals surface area contributed by atoms with E-state index in [-0.39, 0.29) is 11.9 Å². The molecule has 146 valence electrons. The van der Waals surface area contributed by atoms with Crippen LogP contribution in [-0.2, 0) is 0 Å². The van der Waals surface area contributed by atoms with Crippen LogP contribution in [0.15, 0.2) is 54.6 Å². The molecule has 0 aromatic heterocycles. The number of urea groups is 1. The van der Waals surface area contributed by atoms with E-state index in [1.54, 1.807) is 24.3 Å². The van der Waals surface area contributed by atoms with Crippen LogP contribution in [0.1, 0.15) is 29.6 Å². The van der Waals surface area contributed by atoms with Gasteiger partial charge in [0.15, 0.2) is 0 Å². The molecule has 0 radical (unpaired) electrons. The maximum absolute atomic E-state index is 12.2. The van der Waals surface area contributed by atoms with Crippen molar-refractivity contribution in [3.05, 3.63) is 60.2 Å². The SMILES string of the molecule is O=C(NCC1CCN(c2ccccc2)C1)Nc1ccc(C(=O)NC2CC2)cc1. The molecule has 1 aliphatic heterocycles. The van der Waals surface area contributed by atoms with E-state index in [0.29, 0.717) is 29.8 Å². The van der Waals surface area contributed by atoms with Crippen molar-refractivity contribution in [2.45, 2.75) is 25.3 Å². The third-order valence-corrected chi connectivity index (χ3v) is 5.28. The van der Waals surface area contributed by atoms with Crippen molar-refractivity contribution in [2.24, 2.45) is 5.92 Å². The van der Waals surface area contributed by atoms with Gasteiger partial charge in [0.05, 0.1) is 0 Å². The van der Waals surface area contributed by atoms with E-state index >= 15 is 0 Å². The van der Waals surface area contributed by atoms with E-state index in [1.165, 1.54) is 5.69 Å². The summed E-state index contributed by atoms with van der Waals surface area (Å²) in [4.78, 5) is 26.5. The summed E-state index contributed by atoms with van der Waals surface area (Å²) in [6, 6.07) is 17.5. The van der Waals surface area contributed by atoms with Gasteiger partial charge < -0.3 is 20.9 Å². The first kappa shape index (κ1) is 18.3. The molecule has 1 atom stereocenters. The first-order valence-electron chi connectivity index (χ1n) is 9.93. The normalized spacial score (nSPS) is 18.6. The number of nitrogens with zero attached hydrogens (tertiary/aromatic N) is 1. The first-order valence-corrected chi connectivity index (χ1v) is 9.93. The molecule has 1 aliphatic carbocycles. The fraction of sp³-hybridized carbons (Fsp3) is 0.364. The Morgan fingerprint density at radius 1 is 0.964 bits per heavy atom. The Hall–Kier alpha value is -3.02. The molecular formula is C22H26N4O2. The zero-order valence-corrected chi connectivity index (χ0v) is 15.9. The quantitative estimate of drug-likeness (QED) is 0.723. The molecular weight excluding hydrogens is 352 g/mol. The molecule has 1 unspecified atom stereocenters. The minimum Gasteiger partial charge on any atom is -0.371 e. The van der Waals surface area contributed by atoms with Gasteiger partial charge in [-0.15, -0.1) is 0 Å². The van der Waals surface area contributed by atoms with Gasteiger partial charge in [-0.2, -0.15) is 0 Å². The average molecular weight is 378 g/mol. The number of anilines is 2. The van der Waals surface area contributed by atoms with Gasteiger partial charge in [-0.3, -0.25) is 4.79 Å². The summed E-state index contributed by atoms with van der Waals surface area (Å²) in [6.07, 6.45) is 3.20. The smallest absolute Gasteiger partial charge is 0.319 e. The van der Waals surface area contributed by atoms with Crippen molar-refractivity contribution >= 4 is 23.3 Å². The Morgan fingerprint density at radius 2 is 1.71 bits per heavy atom.